The normalized spacial score (nSPS) is 15.6. The molecule has 0 saturated carbocycles. The fourth-order valence-electron chi connectivity index (χ4n) is 3.30. The van der Waals surface area contributed by atoms with Crippen molar-refractivity contribution >= 4 is 23.2 Å². The maximum Gasteiger partial charge on any atom is 0.255 e. The summed E-state index contributed by atoms with van der Waals surface area (Å²) in [6.07, 6.45) is 0. The molecule has 7 heteroatoms. The second kappa shape index (κ2) is 7.19. The molecule has 2 heterocycles. The summed E-state index contributed by atoms with van der Waals surface area (Å²) in [6.45, 7) is 4.76. The molecule has 0 radical (unpaired) electrons. The quantitative estimate of drug-likeness (QED) is 0.902. The van der Waals surface area contributed by atoms with Gasteiger partial charge in [0.05, 0.1) is 0 Å². The van der Waals surface area contributed by atoms with E-state index in [1.165, 1.54) is 0 Å². The SMILES string of the molecule is CC(=O)N1CCN(c2cccc(NC(=O)c3ccc4c(c3)OCO4)c2)CC1. The number of hydrogen-bond donors (Lipinski definition) is 1. The minimum Gasteiger partial charge on any atom is -0.454 e. The Morgan fingerprint density at radius 1 is 0.963 bits per heavy atom. The van der Waals surface area contributed by atoms with Crippen LogP contribution in [0.4, 0.5) is 11.4 Å². The van der Waals surface area contributed by atoms with Gasteiger partial charge in [-0.05, 0) is 36.4 Å². The predicted molar refractivity (Wildman–Crippen MR) is 101 cm³/mol. The van der Waals surface area contributed by atoms with Crippen molar-refractivity contribution in [1.29, 1.82) is 0 Å². The van der Waals surface area contributed by atoms with Gasteiger partial charge in [-0.1, -0.05) is 6.07 Å². The number of ether oxygens (including phenoxy) is 2. The van der Waals surface area contributed by atoms with Gasteiger partial charge in [-0.15, -0.1) is 0 Å². The molecule has 0 aliphatic carbocycles. The number of rotatable bonds is 3. The first-order valence-electron chi connectivity index (χ1n) is 8.92. The van der Waals surface area contributed by atoms with Crippen LogP contribution in [-0.2, 0) is 4.79 Å². The number of hydrogen-bond acceptors (Lipinski definition) is 5. The van der Waals surface area contributed by atoms with Crippen molar-refractivity contribution in [1.82, 2.24) is 4.90 Å². The van der Waals surface area contributed by atoms with Crippen LogP contribution in [0.1, 0.15) is 17.3 Å². The van der Waals surface area contributed by atoms with Crippen molar-refractivity contribution in [2.45, 2.75) is 6.92 Å². The smallest absolute Gasteiger partial charge is 0.255 e. The van der Waals surface area contributed by atoms with Gasteiger partial charge in [0.1, 0.15) is 0 Å². The molecule has 0 spiro atoms. The Morgan fingerprint density at radius 3 is 2.52 bits per heavy atom. The van der Waals surface area contributed by atoms with Gasteiger partial charge in [0.2, 0.25) is 12.7 Å². The van der Waals surface area contributed by atoms with E-state index < -0.39 is 0 Å². The number of nitrogens with one attached hydrogen (secondary N) is 1. The van der Waals surface area contributed by atoms with E-state index in [1.807, 2.05) is 29.2 Å². The summed E-state index contributed by atoms with van der Waals surface area (Å²) >= 11 is 0. The van der Waals surface area contributed by atoms with E-state index in [9.17, 15) is 9.59 Å². The zero-order valence-corrected chi connectivity index (χ0v) is 15.1. The largest absolute Gasteiger partial charge is 0.454 e. The molecule has 1 fully saturated rings. The van der Waals surface area contributed by atoms with E-state index >= 15 is 0 Å². The van der Waals surface area contributed by atoms with E-state index in [0.717, 1.165) is 24.5 Å². The highest BCUT2D eigenvalue weighted by Gasteiger charge is 2.20. The monoisotopic (exact) mass is 367 g/mol. The van der Waals surface area contributed by atoms with E-state index in [0.29, 0.717) is 30.2 Å². The van der Waals surface area contributed by atoms with Crippen LogP contribution >= 0.6 is 0 Å². The van der Waals surface area contributed by atoms with Crippen LogP contribution in [-0.4, -0.2) is 49.7 Å². The highest BCUT2D eigenvalue weighted by atomic mass is 16.7. The molecule has 2 aromatic carbocycles. The Balaban J connectivity index is 1.43. The molecule has 1 N–H and O–H groups in total. The summed E-state index contributed by atoms with van der Waals surface area (Å²) < 4.78 is 10.6. The topological polar surface area (TPSA) is 71.1 Å². The zero-order valence-electron chi connectivity index (χ0n) is 15.1. The molecular formula is C20H21N3O4. The minimum atomic E-state index is -0.202. The molecule has 1 saturated heterocycles. The van der Waals surface area contributed by atoms with Gasteiger partial charge in [0.25, 0.3) is 5.91 Å². The molecule has 2 aliphatic rings. The molecular weight excluding hydrogens is 346 g/mol. The Labute approximate surface area is 157 Å². The second-order valence-electron chi connectivity index (χ2n) is 6.57. The van der Waals surface area contributed by atoms with E-state index in [1.54, 1.807) is 25.1 Å². The highest BCUT2D eigenvalue weighted by Crippen LogP contribution is 2.32. The average molecular weight is 367 g/mol. The fraction of sp³-hybridized carbons (Fsp3) is 0.300. The summed E-state index contributed by atoms with van der Waals surface area (Å²) in [7, 11) is 0. The molecule has 0 unspecified atom stereocenters. The van der Waals surface area contributed by atoms with Gasteiger partial charge in [-0.3, -0.25) is 9.59 Å². The van der Waals surface area contributed by atoms with Gasteiger partial charge >= 0.3 is 0 Å². The maximum atomic E-state index is 12.6. The molecule has 0 bridgehead atoms. The van der Waals surface area contributed by atoms with Crippen LogP contribution in [0.2, 0.25) is 0 Å². The number of benzene rings is 2. The number of amides is 2. The summed E-state index contributed by atoms with van der Waals surface area (Å²) in [5.74, 6) is 1.14. The van der Waals surface area contributed by atoms with Crippen LogP contribution in [0.5, 0.6) is 11.5 Å². The molecule has 0 atom stereocenters. The Hall–Kier alpha value is -3.22. The average Bonchev–Trinajstić information content (AvgIpc) is 3.16. The molecule has 140 valence electrons. The number of piperazine rings is 1. The number of carbonyl (C=O) groups is 2. The van der Waals surface area contributed by atoms with Crippen LogP contribution in [0.15, 0.2) is 42.5 Å². The fourth-order valence-corrected chi connectivity index (χ4v) is 3.30. The Bertz CT molecular complexity index is 875. The van der Waals surface area contributed by atoms with Crippen LogP contribution in [0.25, 0.3) is 0 Å². The number of anilines is 2. The van der Waals surface area contributed by atoms with E-state index in [-0.39, 0.29) is 18.6 Å². The molecule has 2 aromatic rings. The van der Waals surface area contributed by atoms with Crippen molar-refractivity contribution in [3.63, 3.8) is 0 Å². The van der Waals surface area contributed by atoms with Gasteiger partial charge in [0, 0.05) is 50.0 Å². The van der Waals surface area contributed by atoms with Gasteiger partial charge in [-0.2, -0.15) is 0 Å². The third-order valence-corrected chi connectivity index (χ3v) is 4.83. The van der Waals surface area contributed by atoms with Crippen molar-refractivity contribution in [2.75, 3.05) is 43.2 Å². The standard InChI is InChI=1S/C20H21N3O4/c1-14(24)22-7-9-23(10-8-22)17-4-2-3-16(12-17)21-20(25)15-5-6-18-19(11-15)27-13-26-18/h2-6,11-12H,7-10,13H2,1H3,(H,21,25). The number of fused-ring (bicyclic) bond motifs is 1. The molecule has 27 heavy (non-hydrogen) atoms. The van der Waals surface area contributed by atoms with E-state index in [4.69, 9.17) is 9.47 Å². The first kappa shape index (κ1) is 17.2. The number of nitrogens with zero attached hydrogens (tertiary/aromatic N) is 2. The lowest BCUT2D eigenvalue weighted by Gasteiger charge is -2.35. The van der Waals surface area contributed by atoms with Crippen molar-refractivity contribution < 1.29 is 19.1 Å². The van der Waals surface area contributed by atoms with Gasteiger partial charge in [0.15, 0.2) is 11.5 Å². The first-order valence-corrected chi connectivity index (χ1v) is 8.92. The van der Waals surface area contributed by atoms with Crippen molar-refractivity contribution in [3.8, 4) is 11.5 Å². The molecule has 2 amide bonds. The zero-order chi connectivity index (χ0) is 18.8. The van der Waals surface area contributed by atoms with Crippen LogP contribution < -0.4 is 19.7 Å². The lowest BCUT2D eigenvalue weighted by Crippen LogP contribution is -2.48. The summed E-state index contributed by atoms with van der Waals surface area (Å²) in [5, 5.41) is 2.93. The van der Waals surface area contributed by atoms with Gasteiger partial charge < -0.3 is 24.6 Å². The Kier molecular flexibility index (Phi) is 4.58. The maximum absolute atomic E-state index is 12.6. The molecule has 0 aromatic heterocycles. The third kappa shape index (κ3) is 3.67. The minimum absolute atomic E-state index is 0.111. The highest BCUT2D eigenvalue weighted by molar-refractivity contribution is 6.04. The molecule has 4 rings (SSSR count). The second-order valence-corrected chi connectivity index (χ2v) is 6.57. The summed E-state index contributed by atoms with van der Waals surface area (Å²) in [5.41, 5.74) is 2.27. The predicted octanol–water partition coefficient (Wildman–Crippen LogP) is 2.34. The van der Waals surface area contributed by atoms with E-state index in [2.05, 4.69) is 10.2 Å². The van der Waals surface area contributed by atoms with Crippen molar-refractivity contribution in [2.24, 2.45) is 0 Å². The first-order chi connectivity index (χ1) is 13.1. The van der Waals surface area contributed by atoms with Crippen molar-refractivity contribution in [3.05, 3.63) is 48.0 Å². The third-order valence-electron chi connectivity index (χ3n) is 4.83. The van der Waals surface area contributed by atoms with Crippen LogP contribution in [0, 0.1) is 0 Å². The van der Waals surface area contributed by atoms with Gasteiger partial charge in [-0.25, -0.2) is 0 Å². The lowest BCUT2D eigenvalue weighted by atomic mass is 10.1. The summed E-state index contributed by atoms with van der Waals surface area (Å²) in [6, 6.07) is 12.9. The lowest BCUT2D eigenvalue weighted by molar-refractivity contribution is -0.129. The molecule has 7 nitrogen and oxygen atoms in total. The number of carbonyl (C=O) groups excluding carboxylic acids is 2. The summed E-state index contributed by atoms with van der Waals surface area (Å²) in [4.78, 5) is 28.1. The van der Waals surface area contributed by atoms with Crippen LogP contribution in [0.3, 0.4) is 0 Å². The molecule has 2 aliphatic heterocycles. The Morgan fingerprint density at radius 2 is 1.74 bits per heavy atom.